The summed E-state index contributed by atoms with van der Waals surface area (Å²) in [5, 5.41) is 16.4. The summed E-state index contributed by atoms with van der Waals surface area (Å²) < 4.78 is 49.1. The first-order chi connectivity index (χ1) is 33.7. The fourth-order valence-corrected chi connectivity index (χ4v) is 16.3. The van der Waals surface area contributed by atoms with Gasteiger partial charge in [0, 0.05) is 12.7 Å². The number of benzene rings is 3. The summed E-state index contributed by atoms with van der Waals surface area (Å²) in [5.41, 5.74) is 0.996. The third kappa shape index (κ3) is 10.5. The molecule has 4 heterocycles. The molecule has 2 saturated heterocycles. The molecule has 72 heavy (non-hydrogen) atoms. The molecule has 5 aromatic rings. The van der Waals surface area contributed by atoms with Crippen LogP contribution in [0.5, 0.6) is 0 Å². The zero-order chi connectivity index (χ0) is 52.8. The number of nitrogens with one attached hydrogen (secondary N) is 1. The molecule has 0 aliphatic carbocycles. The molecule has 1 amide bonds. The van der Waals surface area contributed by atoms with Gasteiger partial charge in [-0.25, -0.2) is 19.7 Å². The van der Waals surface area contributed by atoms with E-state index in [1.165, 1.54) is 26.9 Å². The van der Waals surface area contributed by atoms with Crippen molar-refractivity contribution < 1.29 is 51.7 Å². The Morgan fingerprint density at radius 2 is 1.24 bits per heavy atom. The van der Waals surface area contributed by atoms with Gasteiger partial charge in [-0.3, -0.25) is 14.2 Å². The highest BCUT2D eigenvalue weighted by Crippen LogP contribution is 2.47. The first kappa shape index (κ1) is 55.0. The number of ketones is 1. The minimum atomic E-state index is -3.53. The number of methoxy groups -OCH3 is 2. The number of aromatic nitrogens is 4. The Morgan fingerprint density at radius 3 is 1.75 bits per heavy atom. The van der Waals surface area contributed by atoms with Crippen molar-refractivity contribution in [2.75, 3.05) is 19.5 Å². The van der Waals surface area contributed by atoms with E-state index in [-0.39, 0.29) is 22.3 Å². The van der Waals surface area contributed by atoms with E-state index in [1.807, 2.05) is 79.8 Å². The van der Waals surface area contributed by atoms with Crippen LogP contribution in [0.3, 0.4) is 0 Å². The number of aliphatic hydroxyl groups is 1. The zero-order valence-corrected chi connectivity index (χ0v) is 47.3. The van der Waals surface area contributed by atoms with Gasteiger partial charge < -0.3 is 42.6 Å². The van der Waals surface area contributed by atoms with E-state index >= 15 is 4.79 Å². The molecule has 2 fully saturated rings. The highest BCUT2D eigenvalue weighted by atomic mass is 28.4. The van der Waals surface area contributed by atoms with Gasteiger partial charge in [0.05, 0.1) is 13.4 Å². The van der Waals surface area contributed by atoms with Crippen molar-refractivity contribution in [1.82, 2.24) is 19.5 Å². The second kappa shape index (κ2) is 20.8. The van der Waals surface area contributed by atoms with Crippen LogP contribution < -0.4 is 15.7 Å². The van der Waals surface area contributed by atoms with Gasteiger partial charge in [-0.05, 0) is 63.8 Å². The summed E-state index contributed by atoms with van der Waals surface area (Å²) in [4.78, 5) is 57.2. The van der Waals surface area contributed by atoms with E-state index < -0.39 is 102 Å². The number of ether oxygens (including phenoxy) is 4. The largest absolute Gasteiger partial charge is 0.467 e. The molecule has 0 unspecified atom stereocenters. The second-order valence-corrected chi connectivity index (χ2v) is 36.6. The molecule has 0 saturated carbocycles. The number of hydrogen-bond donors (Lipinski definition) is 2. The van der Waals surface area contributed by atoms with Gasteiger partial charge >= 0.3 is 5.97 Å². The van der Waals surface area contributed by atoms with E-state index in [4.69, 9.17) is 32.2 Å². The maximum absolute atomic E-state index is 15.8. The average molecular weight is 1040 g/mol. The fourth-order valence-electron chi connectivity index (χ4n) is 9.11. The molecule has 388 valence electrons. The average Bonchev–Trinajstić information content (AvgIpc) is 3.92. The van der Waals surface area contributed by atoms with Gasteiger partial charge in [-0.1, -0.05) is 141 Å². The maximum atomic E-state index is 15.8. The smallest absolute Gasteiger partial charge is 0.337 e. The molecule has 9 atom stereocenters. The number of carbonyl (C=O) groups is 3. The van der Waals surface area contributed by atoms with E-state index in [0.717, 1.165) is 10.4 Å². The molecule has 19 heteroatoms. The monoisotopic (exact) mass is 1040 g/mol. The van der Waals surface area contributed by atoms with Crippen molar-refractivity contribution in [3.8, 4) is 0 Å². The van der Waals surface area contributed by atoms with Crippen molar-refractivity contribution >= 4 is 70.0 Å². The van der Waals surface area contributed by atoms with Gasteiger partial charge in [-0.15, -0.1) is 0 Å². The van der Waals surface area contributed by atoms with E-state index in [1.54, 1.807) is 28.8 Å². The van der Waals surface area contributed by atoms with Crippen molar-refractivity contribution in [2.24, 2.45) is 0 Å². The van der Waals surface area contributed by atoms with Crippen LogP contribution >= 0.6 is 0 Å². The predicted molar refractivity (Wildman–Crippen MR) is 283 cm³/mol. The molecule has 2 aliphatic rings. The summed E-state index contributed by atoms with van der Waals surface area (Å²) in [7, 11) is -6.41. The van der Waals surface area contributed by atoms with Crippen molar-refractivity contribution in [1.29, 1.82) is 0 Å². The topological polar surface area (TPSA) is 192 Å². The van der Waals surface area contributed by atoms with Crippen LogP contribution in [-0.2, 0) is 41.8 Å². The van der Waals surface area contributed by atoms with Crippen LogP contribution in [0.4, 0.5) is 5.82 Å². The number of esters is 1. The zero-order valence-electron chi connectivity index (χ0n) is 44.3. The quantitative estimate of drug-likeness (QED) is 0.0770. The number of rotatable bonds is 15. The Hall–Kier alpha value is -4.81. The lowest BCUT2D eigenvalue weighted by Gasteiger charge is -2.51. The fraction of sp³-hybridized carbons (Fsp3) is 0.509. The van der Waals surface area contributed by atoms with Gasteiger partial charge in [0.1, 0.15) is 49.1 Å². The SMILES string of the molecule is COC(=O)[C@H]1O[C@H]([C@H](O)[C@H]2O[C@@H](n3cnc4c(NC(=O)c5ccccc5)ncnc43)[C@H](OC)[C@H]2O[Si](C)(C)C(C)(C)C)C(=O)[C@@H](O[Si](C)(C)C(C)(C)C)[C@@H]1O[Si](c1ccccc1)(c1ccccc1)C(C)(C)C. The van der Waals surface area contributed by atoms with Crippen LogP contribution in [0.15, 0.2) is 104 Å². The summed E-state index contributed by atoms with van der Waals surface area (Å²) >= 11 is 0. The second-order valence-electron chi connectivity index (χ2n) is 22.8. The minimum absolute atomic E-state index is 0.169. The number of amides is 1. The van der Waals surface area contributed by atoms with Crippen LogP contribution in [0, 0.1) is 0 Å². The molecule has 16 nitrogen and oxygen atoms in total. The molecule has 2 aliphatic heterocycles. The van der Waals surface area contributed by atoms with Gasteiger partial charge in [0.2, 0.25) is 0 Å². The number of fused-ring (bicyclic) bond motifs is 1. The third-order valence-electron chi connectivity index (χ3n) is 15.1. The summed E-state index contributed by atoms with van der Waals surface area (Å²) in [5.74, 6) is -1.65. The molecule has 2 aromatic heterocycles. The number of carbonyl (C=O) groups excluding carboxylic acids is 3. The molecule has 0 bridgehead atoms. The summed E-state index contributed by atoms with van der Waals surface area (Å²) in [6, 6.07) is 28.5. The Morgan fingerprint density at radius 1 is 0.694 bits per heavy atom. The number of imidazole rings is 1. The number of nitrogens with zero attached hydrogens (tertiary/aromatic N) is 4. The standard InChI is InChI=1S/C53H73N5O11Si3/c1-51(2,3)70(12,13)67-41-38(60)39(65-45(50(62)64-11)43(41)69-72(53(7,8)9,34-27-21-17-22-28-34)35-29-23-18-24-30-35)37(59)40-42(68-71(14,15)52(4,5)6)44(63-10)49(66-40)58-32-56-36-46(54-31-55-47(36)58)57-48(61)33-25-19-16-20-26-33/h16-32,37,39-45,49,59H,1-15H3,(H,54,55,57,61)/t37-,39+,40+,41+,42-,43-,44+,45-,49+/m0/s1. The molecule has 3 aromatic carbocycles. The minimum Gasteiger partial charge on any atom is -0.467 e. The van der Waals surface area contributed by atoms with E-state index in [9.17, 15) is 14.7 Å². The first-order valence-electron chi connectivity index (χ1n) is 24.5. The highest BCUT2D eigenvalue weighted by Gasteiger charge is 2.63. The Kier molecular flexibility index (Phi) is 15.9. The third-order valence-corrected chi connectivity index (χ3v) is 29.1. The van der Waals surface area contributed by atoms with Crippen molar-refractivity contribution in [2.45, 2.75) is 159 Å². The number of hydrogen-bond acceptors (Lipinski definition) is 14. The van der Waals surface area contributed by atoms with Crippen molar-refractivity contribution in [3.05, 3.63) is 109 Å². The molecular formula is C53H73N5O11Si3. The molecular weight excluding hydrogens is 967 g/mol. The van der Waals surface area contributed by atoms with E-state index in [0.29, 0.717) is 11.2 Å². The van der Waals surface area contributed by atoms with E-state index in [2.05, 4.69) is 95.7 Å². The highest BCUT2D eigenvalue weighted by molar-refractivity contribution is 6.99. The Labute approximate surface area is 426 Å². The van der Waals surface area contributed by atoms with Gasteiger partial charge in [0.25, 0.3) is 14.2 Å². The predicted octanol–water partition coefficient (Wildman–Crippen LogP) is 7.59. The first-order valence-corrected chi connectivity index (χ1v) is 32.2. The lowest BCUT2D eigenvalue weighted by atomic mass is 9.90. The lowest BCUT2D eigenvalue weighted by Crippen LogP contribution is -2.73. The van der Waals surface area contributed by atoms with Crippen LogP contribution in [-0.4, -0.2) is 130 Å². The Bertz CT molecular complexity index is 2650. The van der Waals surface area contributed by atoms with Crippen LogP contribution in [0.1, 0.15) is 78.9 Å². The van der Waals surface area contributed by atoms with Gasteiger partial charge in [-0.2, -0.15) is 0 Å². The number of Topliss-reactive ketones (excluding diaryl/α,β-unsaturated/α-hetero) is 1. The Balaban J connectivity index is 1.35. The maximum Gasteiger partial charge on any atom is 0.337 e. The normalized spacial score (nSPS) is 24.0. The molecule has 7 rings (SSSR count). The summed E-state index contributed by atoms with van der Waals surface area (Å²) in [6.45, 7) is 27.0. The number of aliphatic hydroxyl groups excluding tert-OH is 1. The molecule has 2 N–H and O–H groups in total. The lowest BCUT2D eigenvalue weighted by molar-refractivity contribution is -0.212. The number of anilines is 1. The van der Waals surface area contributed by atoms with Crippen molar-refractivity contribution in [3.63, 3.8) is 0 Å². The van der Waals surface area contributed by atoms with Gasteiger partial charge in [0.15, 0.2) is 51.7 Å². The molecule has 0 spiro atoms. The molecule has 0 radical (unpaired) electrons. The van der Waals surface area contributed by atoms with Crippen LogP contribution in [0.2, 0.25) is 41.3 Å². The van der Waals surface area contributed by atoms with Crippen LogP contribution in [0.25, 0.3) is 11.2 Å². The summed E-state index contributed by atoms with van der Waals surface area (Å²) in [6.07, 6.45) is -9.27.